The summed E-state index contributed by atoms with van der Waals surface area (Å²) >= 11 is 1.96. The topological polar surface area (TPSA) is 20.2 Å². The van der Waals surface area contributed by atoms with Gasteiger partial charge in [-0.15, -0.1) is 11.8 Å². The summed E-state index contributed by atoms with van der Waals surface area (Å²) in [5, 5.41) is 12.9. The summed E-state index contributed by atoms with van der Waals surface area (Å²) in [4.78, 5) is 1.33. The lowest BCUT2D eigenvalue weighted by atomic mass is 9.91. The molecule has 0 fully saturated rings. The smallest absolute Gasteiger partial charge is 0.121 e. The second kappa shape index (κ2) is 8.46. The van der Waals surface area contributed by atoms with E-state index in [1.165, 1.54) is 21.4 Å². The Balaban J connectivity index is 2.20. The standard InChI is InChI=1S/C22H32OSSi/c1-13(2)18-9-8-10-20(21(18)14(3)4)25-12-24-19-11-15(5)22(23)17(7)16(19)6/h8-11,13-14,23H,12,25H2,1-7H3. The van der Waals surface area contributed by atoms with Crippen molar-refractivity contribution in [2.45, 2.75) is 65.2 Å². The maximum absolute atomic E-state index is 10.1. The average Bonchev–Trinajstić information content (AvgIpc) is 2.56. The molecule has 2 aromatic carbocycles. The molecule has 0 bridgehead atoms. The molecular formula is C22H32OSSi. The van der Waals surface area contributed by atoms with Gasteiger partial charge in [-0.05, 0) is 71.9 Å². The highest BCUT2D eigenvalue weighted by atomic mass is 32.2. The molecule has 0 saturated heterocycles. The molecule has 0 radical (unpaired) electrons. The minimum Gasteiger partial charge on any atom is -0.507 e. The Morgan fingerprint density at radius 3 is 2.28 bits per heavy atom. The number of hydrogen-bond donors (Lipinski definition) is 1. The van der Waals surface area contributed by atoms with Crippen molar-refractivity contribution < 1.29 is 5.11 Å². The molecule has 0 saturated carbocycles. The van der Waals surface area contributed by atoms with E-state index in [1.807, 2.05) is 25.6 Å². The van der Waals surface area contributed by atoms with Crippen molar-refractivity contribution in [3.05, 3.63) is 52.1 Å². The first kappa shape index (κ1) is 20.1. The van der Waals surface area contributed by atoms with Gasteiger partial charge >= 0.3 is 0 Å². The van der Waals surface area contributed by atoms with Crippen LogP contribution >= 0.6 is 11.8 Å². The molecule has 1 nitrogen and oxygen atoms in total. The van der Waals surface area contributed by atoms with Crippen LogP contribution in [0.4, 0.5) is 0 Å². The van der Waals surface area contributed by atoms with Gasteiger partial charge in [0.2, 0.25) is 0 Å². The van der Waals surface area contributed by atoms with Crippen LogP contribution in [0.3, 0.4) is 0 Å². The van der Waals surface area contributed by atoms with Gasteiger partial charge in [-0.3, -0.25) is 0 Å². The van der Waals surface area contributed by atoms with Crippen LogP contribution in [0.15, 0.2) is 29.2 Å². The van der Waals surface area contributed by atoms with E-state index in [4.69, 9.17) is 0 Å². The van der Waals surface area contributed by atoms with E-state index in [2.05, 4.69) is 58.9 Å². The van der Waals surface area contributed by atoms with E-state index in [-0.39, 0.29) is 9.52 Å². The largest absolute Gasteiger partial charge is 0.507 e. The Morgan fingerprint density at radius 1 is 1.00 bits per heavy atom. The highest BCUT2D eigenvalue weighted by Crippen LogP contribution is 2.33. The van der Waals surface area contributed by atoms with Crippen LogP contribution in [-0.4, -0.2) is 20.0 Å². The number of phenolic OH excluding ortho intramolecular Hbond substituents is 1. The van der Waals surface area contributed by atoms with Gasteiger partial charge in [0.05, 0.1) is 9.52 Å². The minimum absolute atomic E-state index is 0.330. The van der Waals surface area contributed by atoms with Crippen LogP contribution in [-0.2, 0) is 0 Å². The minimum atomic E-state index is -0.330. The van der Waals surface area contributed by atoms with Crippen LogP contribution < -0.4 is 5.19 Å². The van der Waals surface area contributed by atoms with E-state index >= 15 is 0 Å². The van der Waals surface area contributed by atoms with E-state index in [0.717, 1.165) is 11.1 Å². The third kappa shape index (κ3) is 4.51. The van der Waals surface area contributed by atoms with E-state index in [0.29, 0.717) is 17.6 Å². The monoisotopic (exact) mass is 372 g/mol. The quantitative estimate of drug-likeness (QED) is 0.562. The molecule has 2 aromatic rings. The Labute approximate surface area is 160 Å². The summed E-state index contributed by atoms with van der Waals surface area (Å²) in [6.07, 6.45) is 0. The number of benzene rings is 2. The van der Waals surface area contributed by atoms with Crippen molar-refractivity contribution in [2.75, 3.05) is 5.38 Å². The Bertz CT molecular complexity index is 750. The third-order valence-electron chi connectivity index (χ3n) is 5.07. The highest BCUT2D eigenvalue weighted by Gasteiger charge is 2.15. The summed E-state index contributed by atoms with van der Waals surface area (Å²) in [7, 11) is -0.330. The fourth-order valence-corrected chi connectivity index (χ4v) is 7.49. The molecule has 2 rings (SSSR count). The molecule has 0 aliphatic heterocycles. The first-order valence-corrected chi connectivity index (χ1v) is 12.0. The number of rotatable bonds is 6. The van der Waals surface area contributed by atoms with Crippen LogP contribution in [0.5, 0.6) is 5.75 Å². The average molecular weight is 373 g/mol. The van der Waals surface area contributed by atoms with Gasteiger partial charge in [0, 0.05) is 4.90 Å². The predicted molar refractivity (Wildman–Crippen MR) is 116 cm³/mol. The van der Waals surface area contributed by atoms with Gasteiger partial charge in [0.25, 0.3) is 0 Å². The van der Waals surface area contributed by atoms with Gasteiger partial charge in [-0.1, -0.05) is 51.1 Å². The number of phenols is 1. The van der Waals surface area contributed by atoms with Crippen molar-refractivity contribution in [3.63, 3.8) is 0 Å². The summed E-state index contributed by atoms with van der Waals surface area (Å²) < 4.78 is 0. The summed E-state index contributed by atoms with van der Waals surface area (Å²) in [6.45, 7) is 15.4. The van der Waals surface area contributed by atoms with Crippen molar-refractivity contribution in [2.24, 2.45) is 0 Å². The molecule has 0 unspecified atom stereocenters. The lowest BCUT2D eigenvalue weighted by Crippen LogP contribution is -2.24. The second-order valence-corrected chi connectivity index (χ2v) is 11.2. The highest BCUT2D eigenvalue weighted by molar-refractivity contribution is 8.00. The first-order chi connectivity index (χ1) is 11.7. The number of thioether (sulfide) groups is 1. The summed E-state index contributed by atoms with van der Waals surface area (Å²) in [5.41, 5.74) is 6.35. The van der Waals surface area contributed by atoms with Gasteiger partial charge in [-0.2, -0.15) is 0 Å². The maximum Gasteiger partial charge on any atom is 0.121 e. The number of aromatic hydroxyl groups is 1. The fourth-order valence-electron chi connectivity index (χ4n) is 3.51. The molecule has 0 aliphatic rings. The summed E-state index contributed by atoms with van der Waals surface area (Å²) in [5.74, 6) is 1.63. The summed E-state index contributed by atoms with van der Waals surface area (Å²) in [6, 6.07) is 9.05. The van der Waals surface area contributed by atoms with Crippen molar-refractivity contribution in [1.82, 2.24) is 0 Å². The van der Waals surface area contributed by atoms with E-state index < -0.39 is 0 Å². The molecule has 0 spiro atoms. The first-order valence-electron chi connectivity index (χ1n) is 9.28. The molecule has 0 atom stereocenters. The van der Waals surface area contributed by atoms with Crippen LogP contribution in [0, 0.1) is 20.8 Å². The van der Waals surface area contributed by atoms with Gasteiger partial charge < -0.3 is 5.11 Å². The van der Waals surface area contributed by atoms with E-state index in [1.54, 1.807) is 10.8 Å². The predicted octanol–water partition coefficient (Wildman–Crippen LogP) is 5.11. The fraction of sp³-hybridized carbons (Fsp3) is 0.455. The van der Waals surface area contributed by atoms with Crippen LogP contribution in [0.2, 0.25) is 0 Å². The second-order valence-electron chi connectivity index (χ2n) is 7.62. The number of aryl methyl sites for hydroxylation is 1. The molecular weight excluding hydrogens is 340 g/mol. The van der Waals surface area contributed by atoms with Crippen molar-refractivity contribution in [1.29, 1.82) is 0 Å². The van der Waals surface area contributed by atoms with Gasteiger partial charge in [-0.25, -0.2) is 0 Å². The molecule has 1 N–H and O–H groups in total. The normalized spacial score (nSPS) is 12.0. The van der Waals surface area contributed by atoms with Crippen LogP contribution in [0.25, 0.3) is 0 Å². The molecule has 0 heterocycles. The number of hydrogen-bond acceptors (Lipinski definition) is 2. The zero-order valence-corrected chi connectivity index (χ0v) is 19.0. The molecule has 0 amide bonds. The van der Waals surface area contributed by atoms with Gasteiger partial charge in [0.15, 0.2) is 0 Å². The Morgan fingerprint density at radius 2 is 1.68 bits per heavy atom. The molecule has 3 heteroatoms. The third-order valence-corrected chi connectivity index (χ3v) is 8.59. The van der Waals surface area contributed by atoms with Crippen molar-refractivity contribution in [3.8, 4) is 5.75 Å². The SMILES string of the molecule is Cc1cc(SC[SiH2]c2cccc(C(C)C)c2C(C)C)c(C)c(C)c1O. The zero-order chi connectivity index (χ0) is 18.7. The molecule has 136 valence electrons. The molecule has 25 heavy (non-hydrogen) atoms. The Hall–Kier alpha value is -1.19. The zero-order valence-electron chi connectivity index (χ0n) is 16.7. The maximum atomic E-state index is 10.1. The van der Waals surface area contributed by atoms with Gasteiger partial charge in [0.1, 0.15) is 5.75 Å². The molecule has 0 aromatic heterocycles. The lowest BCUT2D eigenvalue weighted by molar-refractivity contribution is 0.465. The molecule has 0 aliphatic carbocycles. The Kier molecular flexibility index (Phi) is 6.81. The van der Waals surface area contributed by atoms with E-state index in [9.17, 15) is 5.11 Å². The lowest BCUT2D eigenvalue weighted by Gasteiger charge is -2.20. The van der Waals surface area contributed by atoms with Crippen molar-refractivity contribution >= 4 is 26.5 Å². The van der Waals surface area contributed by atoms with Crippen LogP contribution in [0.1, 0.15) is 67.3 Å².